The monoisotopic (exact) mass is 746 g/mol. The molecule has 3 atom stereocenters. The molecule has 4 N–H and O–H groups in total. The van der Waals surface area contributed by atoms with Crippen molar-refractivity contribution in [1.29, 1.82) is 0 Å². The molecule has 12 nitrogen and oxygen atoms in total. The molecule has 2 aromatic carbocycles. The molecule has 13 heteroatoms. The molecule has 3 unspecified atom stereocenters. The van der Waals surface area contributed by atoms with E-state index in [2.05, 4.69) is 10.6 Å². The Morgan fingerprint density at radius 1 is 0.731 bits per heavy atom. The molecular formula is C39H59N2O10P. The van der Waals surface area contributed by atoms with Crippen molar-refractivity contribution < 1.29 is 47.7 Å². The third kappa shape index (κ3) is 13.1. The van der Waals surface area contributed by atoms with Crippen LogP contribution < -0.4 is 10.6 Å². The molecule has 0 bridgehead atoms. The Hall–Kier alpha value is -3.57. The number of esters is 3. The predicted octanol–water partition coefficient (Wildman–Crippen LogP) is 6.31. The van der Waals surface area contributed by atoms with Gasteiger partial charge in [-0.2, -0.15) is 0 Å². The lowest BCUT2D eigenvalue weighted by atomic mass is 9.87. The molecule has 2 rings (SSSR count). The van der Waals surface area contributed by atoms with E-state index >= 15 is 0 Å². The number of carbonyl (C=O) groups excluding carboxylic acids is 4. The number of hydrogen-bond donors (Lipinski definition) is 4. The summed E-state index contributed by atoms with van der Waals surface area (Å²) in [4.78, 5) is 75.6. The van der Waals surface area contributed by atoms with Gasteiger partial charge in [0.1, 0.15) is 12.2 Å². The van der Waals surface area contributed by atoms with Crippen molar-refractivity contribution in [2.45, 2.75) is 123 Å². The normalized spacial score (nSPS) is 14.6. The van der Waals surface area contributed by atoms with Gasteiger partial charge in [0.05, 0.1) is 19.1 Å². The summed E-state index contributed by atoms with van der Waals surface area (Å²) in [6.45, 7) is 12.1. The first-order valence-corrected chi connectivity index (χ1v) is 20.0. The van der Waals surface area contributed by atoms with Crippen LogP contribution in [0.5, 0.6) is 0 Å². The van der Waals surface area contributed by atoms with Crippen LogP contribution in [0.4, 0.5) is 0 Å². The van der Waals surface area contributed by atoms with E-state index in [1.807, 2.05) is 68.4 Å². The Morgan fingerprint density at radius 2 is 1.23 bits per heavy atom. The number of ether oxygens (including phenoxy) is 3. The van der Waals surface area contributed by atoms with Gasteiger partial charge in [0.15, 0.2) is 5.28 Å². The van der Waals surface area contributed by atoms with Crippen molar-refractivity contribution in [3.63, 3.8) is 0 Å². The predicted molar refractivity (Wildman–Crippen MR) is 200 cm³/mol. The first-order valence-electron chi connectivity index (χ1n) is 18.4. The van der Waals surface area contributed by atoms with E-state index in [9.17, 15) is 33.5 Å². The van der Waals surface area contributed by atoms with Crippen molar-refractivity contribution in [2.75, 3.05) is 13.2 Å². The van der Waals surface area contributed by atoms with Gasteiger partial charge < -0.3 is 29.3 Å². The van der Waals surface area contributed by atoms with Crippen LogP contribution in [-0.4, -0.2) is 70.3 Å². The molecule has 0 aromatic heterocycles. The van der Waals surface area contributed by atoms with Gasteiger partial charge in [-0.15, -0.1) is 0 Å². The summed E-state index contributed by atoms with van der Waals surface area (Å²) in [5.41, 5.74) is 2.56. The van der Waals surface area contributed by atoms with E-state index in [0.29, 0.717) is 31.2 Å². The summed E-state index contributed by atoms with van der Waals surface area (Å²) in [7, 11) is -5.51. The Morgan fingerprint density at radius 3 is 1.67 bits per heavy atom. The Balaban J connectivity index is 2.78. The highest BCUT2D eigenvalue weighted by Crippen LogP contribution is 2.57. The van der Waals surface area contributed by atoms with Crippen LogP contribution in [-0.2, 0) is 44.4 Å². The molecule has 1 amide bonds. The van der Waals surface area contributed by atoms with Crippen molar-refractivity contribution in [3.8, 4) is 11.1 Å². The van der Waals surface area contributed by atoms with E-state index in [-0.39, 0.29) is 38.8 Å². The summed E-state index contributed by atoms with van der Waals surface area (Å²) < 4.78 is 31.1. The van der Waals surface area contributed by atoms with Crippen molar-refractivity contribution in [3.05, 3.63) is 60.2 Å². The first-order chi connectivity index (χ1) is 24.6. The van der Waals surface area contributed by atoms with E-state index < -0.39 is 66.8 Å². The maximum absolute atomic E-state index is 14.2. The Kier molecular flexibility index (Phi) is 18.7. The molecule has 290 valence electrons. The van der Waals surface area contributed by atoms with Gasteiger partial charge in [0.25, 0.3) is 0 Å². The third-order valence-electron chi connectivity index (χ3n) is 8.70. The molecule has 0 spiro atoms. The minimum absolute atomic E-state index is 0.00509. The molecule has 0 aliphatic heterocycles. The van der Waals surface area contributed by atoms with E-state index in [1.54, 1.807) is 34.6 Å². The smallest absolute Gasteiger partial charge is 0.353 e. The molecular weight excluding hydrogens is 687 g/mol. The molecule has 2 aromatic rings. The van der Waals surface area contributed by atoms with Crippen LogP contribution in [0.3, 0.4) is 0 Å². The third-order valence-corrected chi connectivity index (χ3v) is 10.3. The maximum atomic E-state index is 14.2. The standard InChI is InChI=1S/C39H59N2O10P/c1-8-11-18-34(43)50-36(27(4)5)39(52(46,47)48,37(28(6)7)51-35(44)19-12-9-2)41-32(38(45)40-25-24-33(42)49-10-3)26-29-20-22-31(23-21-29)30-16-14-13-15-17-30/h13-17,20-23,27-28,32,36-37,41H,8-12,18-19,24-26H2,1-7H3,(H,40,45)(H2,46,47,48). The lowest BCUT2D eigenvalue weighted by molar-refractivity contribution is -0.169. The molecule has 0 saturated carbocycles. The number of benzene rings is 2. The molecule has 0 fully saturated rings. The number of rotatable bonds is 23. The van der Waals surface area contributed by atoms with Crippen molar-refractivity contribution in [1.82, 2.24) is 10.6 Å². The van der Waals surface area contributed by atoms with Crippen LogP contribution in [0.2, 0.25) is 0 Å². The van der Waals surface area contributed by atoms with E-state index in [4.69, 9.17) is 14.2 Å². The summed E-state index contributed by atoms with van der Waals surface area (Å²) in [5.74, 6) is -3.96. The van der Waals surface area contributed by atoms with Crippen LogP contribution in [0.15, 0.2) is 54.6 Å². The van der Waals surface area contributed by atoms with Crippen LogP contribution in [0.25, 0.3) is 11.1 Å². The Bertz CT molecular complexity index is 1430. The number of unbranched alkanes of at least 4 members (excludes halogenated alkanes) is 2. The zero-order chi connectivity index (χ0) is 38.9. The summed E-state index contributed by atoms with van der Waals surface area (Å²) in [6.07, 6.45) is -0.919. The Labute approximate surface area is 308 Å². The van der Waals surface area contributed by atoms with Crippen molar-refractivity contribution in [2.24, 2.45) is 11.8 Å². The lowest BCUT2D eigenvalue weighted by Crippen LogP contribution is -2.70. The molecule has 0 saturated heterocycles. The summed E-state index contributed by atoms with van der Waals surface area (Å²) >= 11 is 0. The van der Waals surface area contributed by atoms with Crippen LogP contribution in [0, 0.1) is 11.8 Å². The zero-order valence-corrected chi connectivity index (χ0v) is 32.7. The first kappa shape index (κ1) is 44.6. The summed E-state index contributed by atoms with van der Waals surface area (Å²) in [6, 6.07) is 15.7. The minimum atomic E-state index is -5.51. The lowest BCUT2D eigenvalue weighted by Gasteiger charge is -2.49. The fourth-order valence-corrected chi connectivity index (χ4v) is 7.77. The van der Waals surface area contributed by atoms with Gasteiger partial charge >= 0.3 is 25.5 Å². The molecule has 0 aliphatic rings. The van der Waals surface area contributed by atoms with Crippen molar-refractivity contribution >= 4 is 31.4 Å². The highest BCUT2D eigenvalue weighted by Gasteiger charge is 2.64. The second-order valence-corrected chi connectivity index (χ2v) is 15.5. The van der Waals surface area contributed by atoms with Gasteiger partial charge in [0, 0.05) is 19.4 Å². The number of amides is 1. The van der Waals surface area contributed by atoms with E-state index in [1.165, 1.54) is 0 Å². The second-order valence-electron chi connectivity index (χ2n) is 13.7. The van der Waals surface area contributed by atoms with Gasteiger partial charge in [-0.3, -0.25) is 29.1 Å². The molecule has 0 aliphatic carbocycles. The summed E-state index contributed by atoms with van der Waals surface area (Å²) in [5, 5.41) is 3.15. The highest BCUT2D eigenvalue weighted by atomic mass is 31.2. The largest absolute Gasteiger partial charge is 0.466 e. The molecule has 52 heavy (non-hydrogen) atoms. The number of carbonyl (C=O) groups is 4. The van der Waals surface area contributed by atoms with E-state index in [0.717, 1.165) is 11.1 Å². The number of hydrogen-bond acceptors (Lipinski definition) is 9. The van der Waals surface area contributed by atoms with Gasteiger partial charge in [-0.25, -0.2) is 0 Å². The zero-order valence-electron chi connectivity index (χ0n) is 31.8. The van der Waals surface area contributed by atoms with Crippen LogP contribution in [0.1, 0.15) is 99.0 Å². The van der Waals surface area contributed by atoms with Gasteiger partial charge in [-0.1, -0.05) is 109 Å². The van der Waals surface area contributed by atoms with Gasteiger partial charge in [0.2, 0.25) is 5.91 Å². The maximum Gasteiger partial charge on any atom is 0.353 e. The number of nitrogens with one attached hydrogen (secondary N) is 2. The minimum Gasteiger partial charge on any atom is -0.466 e. The quantitative estimate of drug-likeness (QED) is 0.0569. The van der Waals surface area contributed by atoms with Crippen LogP contribution >= 0.6 is 7.60 Å². The second kappa shape index (κ2) is 21.8. The molecule has 0 radical (unpaired) electrons. The average molecular weight is 747 g/mol. The highest BCUT2D eigenvalue weighted by molar-refractivity contribution is 7.53. The average Bonchev–Trinajstić information content (AvgIpc) is 3.09. The molecule has 0 heterocycles. The topological polar surface area (TPSA) is 178 Å². The fraction of sp³-hybridized carbons (Fsp3) is 0.590. The fourth-order valence-electron chi connectivity index (χ4n) is 6.09. The van der Waals surface area contributed by atoms with Gasteiger partial charge in [-0.05, 0) is 54.7 Å². The SMILES string of the molecule is CCCCC(=O)OC(C(C)C)C(NC(Cc1ccc(-c2ccccc2)cc1)C(=O)NCCC(=O)OCC)(C(OC(=O)CCCC)C(C)C)P(=O)(O)O.